The van der Waals surface area contributed by atoms with Crippen LogP contribution < -0.4 is 10.7 Å². The molecule has 0 bridgehead atoms. The second-order valence-corrected chi connectivity index (χ2v) is 6.21. The van der Waals surface area contributed by atoms with Crippen molar-refractivity contribution in [3.8, 4) is 0 Å². The highest BCUT2D eigenvalue weighted by atomic mass is 35.5. The summed E-state index contributed by atoms with van der Waals surface area (Å²) in [6.07, 6.45) is 1.42. The Bertz CT molecular complexity index is 1090. The average molecular weight is 377 g/mol. The maximum absolute atomic E-state index is 13.8. The van der Waals surface area contributed by atoms with Crippen LogP contribution in [0.2, 0.25) is 5.02 Å². The van der Waals surface area contributed by atoms with E-state index in [2.05, 4.69) is 5.32 Å². The van der Waals surface area contributed by atoms with Gasteiger partial charge in [0.2, 0.25) is 5.43 Å². The van der Waals surface area contributed by atoms with Crippen molar-refractivity contribution in [2.24, 2.45) is 0 Å². The molecule has 0 saturated carbocycles. The van der Waals surface area contributed by atoms with Gasteiger partial charge in [-0.3, -0.25) is 9.59 Å². The van der Waals surface area contributed by atoms with Crippen LogP contribution in [-0.4, -0.2) is 10.5 Å². The standard InChI is InChI=1S/C19H15ClF2N2O2/c1-3-24-9-13(18(25)12-5-6-14(20)10(2)17(12)24)19(26)23-16-7-4-11(21)8-15(16)22/h4-9H,3H2,1-2H3,(H,23,26). The van der Waals surface area contributed by atoms with E-state index in [-0.39, 0.29) is 11.3 Å². The summed E-state index contributed by atoms with van der Waals surface area (Å²) in [6.45, 7) is 4.17. The highest BCUT2D eigenvalue weighted by Crippen LogP contribution is 2.24. The van der Waals surface area contributed by atoms with Gasteiger partial charge >= 0.3 is 0 Å². The van der Waals surface area contributed by atoms with Crippen LogP contribution in [0.3, 0.4) is 0 Å². The Morgan fingerprint density at radius 3 is 2.62 bits per heavy atom. The molecule has 134 valence electrons. The maximum atomic E-state index is 13.8. The van der Waals surface area contributed by atoms with Gasteiger partial charge in [0, 0.05) is 29.2 Å². The van der Waals surface area contributed by atoms with Gasteiger partial charge in [-0.15, -0.1) is 0 Å². The third-order valence-electron chi connectivity index (χ3n) is 4.19. The number of halogens is 3. The lowest BCUT2D eigenvalue weighted by atomic mass is 10.1. The monoisotopic (exact) mass is 376 g/mol. The van der Waals surface area contributed by atoms with Crippen LogP contribution in [0, 0.1) is 18.6 Å². The summed E-state index contributed by atoms with van der Waals surface area (Å²) in [6, 6.07) is 5.95. The molecule has 1 heterocycles. The van der Waals surface area contributed by atoms with E-state index in [4.69, 9.17) is 11.6 Å². The summed E-state index contributed by atoms with van der Waals surface area (Å²) in [5, 5.41) is 3.18. The fourth-order valence-corrected chi connectivity index (χ4v) is 3.00. The Hall–Kier alpha value is -2.73. The van der Waals surface area contributed by atoms with Gasteiger partial charge in [0.1, 0.15) is 17.2 Å². The average Bonchev–Trinajstić information content (AvgIpc) is 2.60. The van der Waals surface area contributed by atoms with Crippen molar-refractivity contribution in [1.29, 1.82) is 0 Å². The topological polar surface area (TPSA) is 51.1 Å². The highest BCUT2D eigenvalue weighted by molar-refractivity contribution is 6.32. The molecular formula is C19H15ClF2N2O2. The van der Waals surface area contributed by atoms with Gasteiger partial charge in [-0.25, -0.2) is 8.78 Å². The van der Waals surface area contributed by atoms with E-state index in [0.717, 1.165) is 17.7 Å². The number of benzene rings is 2. The lowest BCUT2D eigenvalue weighted by Gasteiger charge is -2.14. The van der Waals surface area contributed by atoms with Gasteiger partial charge in [-0.1, -0.05) is 11.6 Å². The number of aromatic nitrogens is 1. The fourth-order valence-electron chi connectivity index (χ4n) is 2.84. The molecule has 7 heteroatoms. The van der Waals surface area contributed by atoms with Gasteiger partial charge in [-0.2, -0.15) is 0 Å². The fraction of sp³-hybridized carbons (Fsp3) is 0.158. The number of hydrogen-bond donors (Lipinski definition) is 1. The number of hydrogen-bond acceptors (Lipinski definition) is 2. The molecule has 0 saturated heterocycles. The van der Waals surface area contributed by atoms with Crippen LogP contribution >= 0.6 is 11.6 Å². The molecule has 0 aliphatic heterocycles. The molecule has 26 heavy (non-hydrogen) atoms. The van der Waals surface area contributed by atoms with Crippen molar-refractivity contribution in [3.05, 3.63) is 74.5 Å². The Morgan fingerprint density at radius 1 is 1.23 bits per heavy atom. The van der Waals surface area contributed by atoms with Crippen LogP contribution in [-0.2, 0) is 6.54 Å². The second kappa shape index (κ2) is 6.88. The van der Waals surface area contributed by atoms with E-state index < -0.39 is 23.0 Å². The molecule has 1 N–H and O–H groups in total. The Kier molecular flexibility index (Phi) is 4.78. The van der Waals surface area contributed by atoms with Gasteiger partial charge in [-0.05, 0) is 43.7 Å². The van der Waals surface area contributed by atoms with Crippen molar-refractivity contribution in [2.75, 3.05) is 5.32 Å². The molecule has 1 amide bonds. The molecule has 1 aromatic heterocycles. The van der Waals surface area contributed by atoms with Crippen LogP contribution in [0.5, 0.6) is 0 Å². The summed E-state index contributed by atoms with van der Waals surface area (Å²) in [5.41, 5.74) is 0.565. The Labute approximate surface area is 153 Å². The lowest BCUT2D eigenvalue weighted by molar-refractivity contribution is 0.102. The van der Waals surface area contributed by atoms with Crippen molar-refractivity contribution < 1.29 is 13.6 Å². The second-order valence-electron chi connectivity index (χ2n) is 5.80. The van der Waals surface area contributed by atoms with Crippen LogP contribution in [0.15, 0.2) is 41.3 Å². The normalized spacial score (nSPS) is 11.0. The van der Waals surface area contributed by atoms with Crippen LogP contribution in [0.4, 0.5) is 14.5 Å². The first-order chi connectivity index (χ1) is 12.3. The third kappa shape index (κ3) is 3.08. The maximum Gasteiger partial charge on any atom is 0.261 e. The van der Waals surface area contributed by atoms with E-state index in [0.29, 0.717) is 28.5 Å². The van der Waals surface area contributed by atoms with Crippen molar-refractivity contribution in [1.82, 2.24) is 4.57 Å². The minimum atomic E-state index is -0.919. The van der Waals surface area contributed by atoms with Gasteiger partial charge < -0.3 is 9.88 Å². The first-order valence-electron chi connectivity index (χ1n) is 7.92. The number of carbonyl (C=O) groups is 1. The van der Waals surface area contributed by atoms with Crippen molar-refractivity contribution >= 4 is 34.1 Å². The quantitative estimate of drug-likeness (QED) is 0.731. The van der Waals surface area contributed by atoms with Crippen molar-refractivity contribution in [3.63, 3.8) is 0 Å². The zero-order chi connectivity index (χ0) is 19.0. The minimum absolute atomic E-state index is 0.134. The van der Waals surface area contributed by atoms with Crippen molar-refractivity contribution in [2.45, 2.75) is 20.4 Å². The molecule has 3 aromatic rings. The Balaban J connectivity index is 2.13. The summed E-state index contributed by atoms with van der Waals surface area (Å²) in [7, 11) is 0. The first-order valence-corrected chi connectivity index (χ1v) is 8.30. The number of amides is 1. The molecule has 0 aliphatic rings. The summed E-state index contributed by atoms with van der Waals surface area (Å²) in [4.78, 5) is 25.3. The predicted octanol–water partition coefficient (Wildman–Crippen LogP) is 4.51. The number of nitrogens with zero attached hydrogens (tertiary/aromatic N) is 1. The number of rotatable bonds is 3. The molecule has 0 fully saturated rings. The molecule has 2 aromatic carbocycles. The lowest BCUT2D eigenvalue weighted by Crippen LogP contribution is -2.24. The number of fused-ring (bicyclic) bond motifs is 1. The SMILES string of the molecule is CCn1cc(C(=O)Nc2ccc(F)cc2F)c(=O)c2ccc(Cl)c(C)c21. The smallest absolute Gasteiger partial charge is 0.261 e. The van der Waals surface area contributed by atoms with Gasteiger partial charge in [0.15, 0.2) is 0 Å². The van der Waals surface area contributed by atoms with Crippen LogP contribution in [0.1, 0.15) is 22.8 Å². The largest absolute Gasteiger partial charge is 0.346 e. The van der Waals surface area contributed by atoms with E-state index in [1.54, 1.807) is 23.6 Å². The number of nitrogens with one attached hydrogen (secondary N) is 1. The number of anilines is 1. The molecule has 0 unspecified atom stereocenters. The molecule has 0 spiro atoms. The third-order valence-corrected chi connectivity index (χ3v) is 4.60. The van der Waals surface area contributed by atoms with E-state index in [9.17, 15) is 18.4 Å². The summed E-state index contributed by atoms with van der Waals surface area (Å²) < 4.78 is 28.5. The molecule has 4 nitrogen and oxygen atoms in total. The van der Waals surface area contributed by atoms with E-state index >= 15 is 0 Å². The summed E-state index contributed by atoms with van der Waals surface area (Å²) >= 11 is 6.14. The molecule has 0 aliphatic carbocycles. The number of carbonyl (C=O) groups excluding carboxylic acids is 1. The number of aryl methyl sites for hydroxylation is 2. The molecular weight excluding hydrogens is 362 g/mol. The van der Waals surface area contributed by atoms with Gasteiger partial charge in [0.25, 0.3) is 5.91 Å². The zero-order valence-electron chi connectivity index (χ0n) is 14.1. The molecule has 0 atom stereocenters. The van der Waals surface area contributed by atoms with E-state index in [1.165, 1.54) is 6.20 Å². The predicted molar refractivity (Wildman–Crippen MR) is 97.9 cm³/mol. The molecule has 3 rings (SSSR count). The first kappa shape index (κ1) is 18.1. The summed E-state index contributed by atoms with van der Waals surface area (Å²) in [5.74, 6) is -2.44. The minimum Gasteiger partial charge on any atom is -0.346 e. The Morgan fingerprint density at radius 2 is 1.96 bits per heavy atom. The zero-order valence-corrected chi connectivity index (χ0v) is 14.8. The highest BCUT2D eigenvalue weighted by Gasteiger charge is 2.18. The molecule has 0 radical (unpaired) electrons. The van der Waals surface area contributed by atoms with Crippen LogP contribution in [0.25, 0.3) is 10.9 Å². The number of pyridine rings is 1. The van der Waals surface area contributed by atoms with E-state index in [1.807, 2.05) is 6.92 Å². The van der Waals surface area contributed by atoms with Gasteiger partial charge in [0.05, 0.1) is 11.2 Å².